The van der Waals surface area contributed by atoms with Crippen LogP contribution in [-0.4, -0.2) is 44.6 Å². The normalized spacial score (nSPS) is 24.8. The van der Waals surface area contributed by atoms with E-state index in [0.29, 0.717) is 5.56 Å². The van der Waals surface area contributed by atoms with Crippen molar-refractivity contribution in [3.8, 4) is 0 Å². The fourth-order valence-electron chi connectivity index (χ4n) is 2.59. The molecule has 2 atom stereocenters. The molecule has 8 heteroatoms. The van der Waals surface area contributed by atoms with Crippen LogP contribution in [0.3, 0.4) is 0 Å². The molecular weight excluding hydrogens is 328 g/mol. The van der Waals surface area contributed by atoms with E-state index in [1.54, 1.807) is 30.3 Å². The van der Waals surface area contributed by atoms with E-state index in [0.717, 1.165) is 14.8 Å². The van der Waals surface area contributed by atoms with Gasteiger partial charge in [-0.1, -0.05) is 62.4 Å². The lowest BCUT2D eigenvalue weighted by atomic mass is 9.98. The standard InChI is InChI=1S/C16H20N4O3S/c1-15(2,3)11-17-18-13(24-11)20-12(21)16(23,19(4)14(20)22)10-8-6-5-7-9-10/h5-9,12,21,23H,1-4H3. The number of hydrogen-bond donors (Lipinski definition) is 2. The third kappa shape index (κ3) is 2.38. The number of aromatic nitrogens is 2. The monoisotopic (exact) mass is 348 g/mol. The highest BCUT2D eigenvalue weighted by atomic mass is 32.1. The molecular formula is C16H20N4O3S. The summed E-state index contributed by atoms with van der Waals surface area (Å²) in [7, 11) is 1.45. The van der Waals surface area contributed by atoms with Crippen LogP contribution in [0.15, 0.2) is 30.3 Å². The van der Waals surface area contributed by atoms with Gasteiger partial charge >= 0.3 is 6.03 Å². The Balaban J connectivity index is 2.02. The second-order valence-electron chi connectivity index (χ2n) is 6.82. The highest BCUT2D eigenvalue weighted by Gasteiger charge is 2.57. The van der Waals surface area contributed by atoms with Gasteiger partial charge in [-0.15, -0.1) is 10.2 Å². The van der Waals surface area contributed by atoms with Gasteiger partial charge in [0.05, 0.1) is 0 Å². The largest absolute Gasteiger partial charge is 0.368 e. The van der Waals surface area contributed by atoms with Crippen molar-refractivity contribution in [1.82, 2.24) is 15.1 Å². The number of hydrogen-bond acceptors (Lipinski definition) is 6. The van der Waals surface area contributed by atoms with Crippen molar-refractivity contribution in [2.24, 2.45) is 0 Å². The van der Waals surface area contributed by atoms with E-state index < -0.39 is 18.0 Å². The molecule has 0 radical (unpaired) electrons. The summed E-state index contributed by atoms with van der Waals surface area (Å²) < 4.78 is 0. The third-order valence-corrected chi connectivity index (χ3v) is 5.42. The smallest absolute Gasteiger partial charge is 0.331 e. The number of likely N-dealkylation sites (N-methyl/N-ethyl adjacent to an activating group) is 1. The number of amides is 2. The predicted molar refractivity (Wildman–Crippen MR) is 90.6 cm³/mol. The Hall–Kier alpha value is -2.03. The van der Waals surface area contributed by atoms with Crippen LogP contribution in [0.1, 0.15) is 31.3 Å². The van der Waals surface area contributed by atoms with Gasteiger partial charge < -0.3 is 10.2 Å². The van der Waals surface area contributed by atoms with Crippen molar-refractivity contribution in [2.45, 2.75) is 38.1 Å². The molecule has 1 aromatic heterocycles. The summed E-state index contributed by atoms with van der Waals surface area (Å²) in [5.41, 5.74) is -1.65. The van der Waals surface area contributed by atoms with Gasteiger partial charge in [-0.3, -0.25) is 4.90 Å². The van der Waals surface area contributed by atoms with Gasteiger partial charge in [0.15, 0.2) is 6.23 Å². The lowest BCUT2D eigenvalue weighted by Gasteiger charge is -2.31. The average molecular weight is 348 g/mol. The van der Waals surface area contributed by atoms with Gasteiger partial charge in [-0.2, -0.15) is 0 Å². The molecule has 1 aliphatic rings. The Morgan fingerprint density at radius 3 is 2.38 bits per heavy atom. The first-order valence-corrected chi connectivity index (χ1v) is 8.36. The Labute approximate surface area is 144 Å². The fourth-order valence-corrected chi connectivity index (χ4v) is 3.51. The minimum Gasteiger partial charge on any atom is -0.368 e. The molecule has 1 fully saturated rings. The molecule has 2 amide bonds. The summed E-state index contributed by atoms with van der Waals surface area (Å²) in [4.78, 5) is 14.8. The number of aliphatic hydroxyl groups excluding tert-OH is 1. The summed E-state index contributed by atoms with van der Waals surface area (Å²) in [5.74, 6) is 0. The van der Waals surface area contributed by atoms with Crippen LogP contribution >= 0.6 is 11.3 Å². The number of rotatable bonds is 2. The van der Waals surface area contributed by atoms with Crippen molar-refractivity contribution >= 4 is 22.5 Å². The molecule has 2 N–H and O–H groups in total. The van der Waals surface area contributed by atoms with Crippen LogP contribution in [0.4, 0.5) is 9.93 Å². The van der Waals surface area contributed by atoms with Gasteiger partial charge in [0.2, 0.25) is 10.9 Å². The van der Waals surface area contributed by atoms with Crippen LogP contribution in [-0.2, 0) is 11.1 Å². The Morgan fingerprint density at radius 2 is 1.83 bits per heavy atom. The van der Waals surface area contributed by atoms with E-state index in [1.807, 2.05) is 20.8 Å². The Bertz CT molecular complexity index is 758. The predicted octanol–water partition coefficient (Wildman–Crippen LogP) is 1.87. The Kier molecular flexibility index (Phi) is 3.86. The van der Waals surface area contributed by atoms with Crippen LogP contribution in [0.25, 0.3) is 0 Å². The van der Waals surface area contributed by atoms with Crippen LogP contribution < -0.4 is 4.90 Å². The summed E-state index contributed by atoms with van der Waals surface area (Å²) >= 11 is 1.23. The molecule has 1 aliphatic heterocycles. The van der Waals surface area contributed by atoms with Crippen molar-refractivity contribution < 1.29 is 15.0 Å². The van der Waals surface area contributed by atoms with Gasteiger partial charge in [0.1, 0.15) is 5.01 Å². The molecule has 2 unspecified atom stereocenters. The van der Waals surface area contributed by atoms with E-state index in [-0.39, 0.29) is 10.5 Å². The number of urea groups is 1. The first kappa shape index (κ1) is 16.8. The highest BCUT2D eigenvalue weighted by Crippen LogP contribution is 2.41. The molecule has 0 bridgehead atoms. The van der Waals surface area contributed by atoms with Gasteiger partial charge in [0.25, 0.3) is 0 Å². The van der Waals surface area contributed by atoms with Crippen LogP contribution in [0.2, 0.25) is 0 Å². The van der Waals surface area contributed by atoms with E-state index in [1.165, 1.54) is 18.4 Å². The number of anilines is 1. The molecule has 2 heterocycles. The first-order valence-electron chi connectivity index (χ1n) is 7.54. The third-order valence-electron chi connectivity index (χ3n) is 4.07. The number of benzene rings is 1. The van der Waals surface area contributed by atoms with E-state index in [2.05, 4.69) is 10.2 Å². The molecule has 0 spiro atoms. The van der Waals surface area contributed by atoms with Crippen molar-refractivity contribution in [1.29, 1.82) is 0 Å². The number of carbonyl (C=O) groups excluding carboxylic acids is 1. The van der Waals surface area contributed by atoms with E-state index in [4.69, 9.17) is 0 Å². The maximum Gasteiger partial charge on any atom is 0.331 e. The molecule has 128 valence electrons. The fraction of sp³-hybridized carbons (Fsp3) is 0.438. The Morgan fingerprint density at radius 1 is 1.21 bits per heavy atom. The summed E-state index contributed by atoms with van der Waals surface area (Å²) in [6.07, 6.45) is -1.49. The van der Waals surface area contributed by atoms with E-state index >= 15 is 0 Å². The maximum atomic E-state index is 12.6. The van der Waals surface area contributed by atoms with Gasteiger partial charge in [-0.25, -0.2) is 9.69 Å². The minimum atomic E-state index is -1.86. The average Bonchev–Trinajstić information content (AvgIpc) is 3.09. The SMILES string of the molecule is CN1C(=O)N(c2nnc(C(C)(C)C)s2)C(O)C1(O)c1ccccc1. The quantitative estimate of drug-likeness (QED) is 0.865. The molecule has 0 aliphatic carbocycles. The lowest BCUT2D eigenvalue weighted by Crippen LogP contribution is -2.47. The number of carbonyl (C=O) groups is 1. The lowest BCUT2D eigenvalue weighted by molar-refractivity contribution is -0.130. The van der Waals surface area contributed by atoms with Gasteiger partial charge in [0, 0.05) is 18.0 Å². The summed E-state index contributed by atoms with van der Waals surface area (Å²) in [6.45, 7) is 5.98. The zero-order chi connectivity index (χ0) is 17.7. The van der Waals surface area contributed by atoms with Crippen LogP contribution in [0.5, 0.6) is 0 Å². The molecule has 3 rings (SSSR count). The summed E-state index contributed by atoms with van der Waals surface area (Å²) in [5, 5.41) is 30.9. The van der Waals surface area contributed by atoms with Crippen LogP contribution in [0, 0.1) is 0 Å². The topological polar surface area (TPSA) is 89.8 Å². The molecule has 0 saturated carbocycles. The first-order chi connectivity index (χ1) is 11.2. The molecule has 24 heavy (non-hydrogen) atoms. The molecule has 1 saturated heterocycles. The van der Waals surface area contributed by atoms with E-state index in [9.17, 15) is 15.0 Å². The van der Waals surface area contributed by atoms with Crippen molar-refractivity contribution in [3.63, 3.8) is 0 Å². The highest BCUT2D eigenvalue weighted by molar-refractivity contribution is 7.15. The van der Waals surface area contributed by atoms with Crippen molar-refractivity contribution in [3.05, 3.63) is 40.9 Å². The second kappa shape index (κ2) is 5.51. The summed E-state index contributed by atoms with van der Waals surface area (Å²) in [6, 6.07) is 8.07. The van der Waals surface area contributed by atoms with Crippen molar-refractivity contribution in [2.75, 3.05) is 11.9 Å². The van der Waals surface area contributed by atoms with Gasteiger partial charge in [-0.05, 0) is 0 Å². The number of nitrogens with zero attached hydrogens (tertiary/aromatic N) is 4. The second-order valence-corrected chi connectivity index (χ2v) is 7.77. The zero-order valence-corrected chi connectivity index (χ0v) is 14.8. The maximum absolute atomic E-state index is 12.6. The number of aliphatic hydroxyl groups is 2. The zero-order valence-electron chi connectivity index (χ0n) is 14.0. The molecule has 7 nitrogen and oxygen atoms in total. The minimum absolute atomic E-state index is 0.217. The molecule has 2 aromatic rings. The molecule has 1 aromatic carbocycles.